The van der Waals surface area contributed by atoms with Crippen molar-refractivity contribution in [3.63, 3.8) is 0 Å². The highest BCUT2D eigenvalue weighted by atomic mass is 16.5. The van der Waals surface area contributed by atoms with Gasteiger partial charge in [0, 0.05) is 31.1 Å². The summed E-state index contributed by atoms with van der Waals surface area (Å²) in [7, 11) is 0. The number of carbonyl (C=O) groups is 4. The summed E-state index contributed by atoms with van der Waals surface area (Å²) >= 11 is 0. The summed E-state index contributed by atoms with van der Waals surface area (Å²) in [6.45, 7) is 2.36. The van der Waals surface area contributed by atoms with E-state index in [-0.39, 0.29) is 22.6 Å². The number of hydrogen-bond acceptors (Lipinski definition) is 6. The smallest absolute Gasteiger partial charge is 0.308 e. The molecule has 0 fully saturated rings. The average molecular weight is 274 g/mol. The van der Waals surface area contributed by atoms with Gasteiger partial charge in [0.1, 0.15) is 5.75 Å². The first-order chi connectivity index (χ1) is 9.38. The molecule has 0 N–H and O–H groups in total. The molecule has 0 aliphatic heterocycles. The molecule has 0 amide bonds. The van der Waals surface area contributed by atoms with Gasteiger partial charge < -0.3 is 9.47 Å². The van der Waals surface area contributed by atoms with Crippen LogP contribution < -0.4 is 4.74 Å². The highest BCUT2D eigenvalue weighted by molar-refractivity contribution is 6.24. The van der Waals surface area contributed by atoms with Gasteiger partial charge in [0.05, 0.1) is 0 Å². The molecule has 20 heavy (non-hydrogen) atoms. The zero-order chi connectivity index (χ0) is 14.9. The summed E-state index contributed by atoms with van der Waals surface area (Å²) in [6.07, 6.45) is 0.948. The first kappa shape index (κ1) is 13.7. The Hall–Kier alpha value is -2.76. The normalized spacial score (nSPS) is 13.4. The number of carbonyl (C=O) groups excluding carboxylic acids is 4. The van der Waals surface area contributed by atoms with Crippen molar-refractivity contribution < 1.29 is 28.7 Å². The van der Waals surface area contributed by atoms with E-state index in [1.807, 2.05) is 0 Å². The fourth-order valence-corrected chi connectivity index (χ4v) is 1.78. The minimum Gasteiger partial charge on any atom is -0.427 e. The molecule has 1 aromatic rings. The van der Waals surface area contributed by atoms with E-state index in [4.69, 9.17) is 9.47 Å². The first-order valence-corrected chi connectivity index (χ1v) is 5.70. The molecule has 2 rings (SSSR count). The first-order valence-electron chi connectivity index (χ1n) is 5.70. The lowest BCUT2D eigenvalue weighted by Gasteiger charge is -2.15. The van der Waals surface area contributed by atoms with E-state index in [0.717, 1.165) is 13.0 Å². The zero-order valence-corrected chi connectivity index (χ0v) is 10.8. The highest BCUT2D eigenvalue weighted by Crippen LogP contribution is 2.26. The summed E-state index contributed by atoms with van der Waals surface area (Å²) in [5, 5.41) is 0. The number of rotatable bonds is 2. The number of benzene rings is 1. The van der Waals surface area contributed by atoms with Crippen LogP contribution in [0.25, 0.3) is 0 Å². The van der Waals surface area contributed by atoms with Crippen molar-refractivity contribution in [1.82, 2.24) is 0 Å². The highest BCUT2D eigenvalue weighted by Gasteiger charge is 2.28. The van der Waals surface area contributed by atoms with Crippen LogP contribution in [0.5, 0.6) is 5.75 Å². The zero-order valence-electron chi connectivity index (χ0n) is 10.8. The van der Waals surface area contributed by atoms with Gasteiger partial charge in [-0.1, -0.05) is 0 Å². The van der Waals surface area contributed by atoms with Crippen molar-refractivity contribution in [3.8, 4) is 5.75 Å². The number of Topliss-reactive ketones (excluding diaryl/α,β-unsaturated/α-hetero) is 1. The molecule has 0 saturated heterocycles. The lowest BCUT2D eigenvalue weighted by Crippen LogP contribution is -2.20. The van der Waals surface area contributed by atoms with Crippen LogP contribution in [0.1, 0.15) is 34.6 Å². The molecule has 0 radical (unpaired) electrons. The van der Waals surface area contributed by atoms with Crippen LogP contribution in [-0.2, 0) is 14.3 Å². The second kappa shape index (κ2) is 5.08. The Balaban J connectivity index is 2.41. The van der Waals surface area contributed by atoms with Gasteiger partial charge in [0.15, 0.2) is 11.5 Å². The van der Waals surface area contributed by atoms with E-state index in [2.05, 4.69) is 0 Å². The predicted molar refractivity (Wildman–Crippen MR) is 66.3 cm³/mol. The van der Waals surface area contributed by atoms with Crippen LogP contribution in [0.4, 0.5) is 0 Å². The van der Waals surface area contributed by atoms with Gasteiger partial charge in [0.25, 0.3) is 0 Å². The summed E-state index contributed by atoms with van der Waals surface area (Å²) < 4.78 is 9.54. The van der Waals surface area contributed by atoms with Crippen molar-refractivity contribution >= 4 is 23.5 Å². The summed E-state index contributed by atoms with van der Waals surface area (Å²) in [4.78, 5) is 45.7. The van der Waals surface area contributed by atoms with Crippen LogP contribution in [0.15, 0.2) is 30.0 Å². The van der Waals surface area contributed by atoms with Crippen molar-refractivity contribution in [2.45, 2.75) is 13.8 Å². The Bertz CT molecular complexity index is 668. The molecular formula is C14H10O6. The van der Waals surface area contributed by atoms with Gasteiger partial charge in [-0.25, -0.2) is 0 Å². The summed E-state index contributed by atoms with van der Waals surface area (Å²) in [5.74, 6) is -2.42. The van der Waals surface area contributed by atoms with Gasteiger partial charge in [-0.2, -0.15) is 0 Å². The van der Waals surface area contributed by atoms with Crippen molar-refractivity contribution in [2.75, 3.05) is 0 Å². The maximum Gasteiger partial charge on any atom is 0.308 e. The largest absolute Gasteiger partial charge is 0.427 e. The van der Waals surface area contributed by atoms with Crippen LogP contribution in [-0.4, -0.2) is 23.5 Å². The van der Waals surface area contributed by atoms with Crippen molar-refractivity contribution in [2.24, 2.45) is 0 Å². The fraction of sp³-hybridized carbons (Fsp3) is 0.143. The van der Waals surface area contributed by atoms with Gasteiger partial charge >= 0.3 is 11.9 Å². The molecule has 1 aliphatic carbocycles. The van der Waals surface area contributed by atoms with E-state index in [1.54, 1.807) is 0 Å². The maximum absolute atomic E-state index is 12.0. The third-order valence-electron chi connectivity index (χ3n) is 2.50. The Morgan fingerprint density at radius 2 is 1.60 bits per heavy atom. The second-order valence-electron chi connectivity index (χ2n) is 4.10. The van der Waals surface area contributed by atoms with E-state index >= 15 is 0 Å². The van der Waals surface area contributed by atoms with Crippen LogP contribution in [0.2, 0.25) is 0 Å². The van der Waals surface area contributed by atoms with E-state index < -0.39 is 23.5 Å². The topological polar surface area (TPSA) is 86.7 Å². The molecule has 6 nitrogen and oxygen atoms in total. The number of fused-ring (bicyclic) bond motifs is 1. The Morgan fingerprint density at radius 3 is 2.20 bits per heavy atom. The summed E-state index contributed by atoms with van der Waals surface area (Å²) in [5.41, 5.74) is 0.203. The van der Waals surface area contributed by atoms with Gasteiger partial charge in [-0.15, -0.1) is 0 Å². The van der Waals surface area contributed by atoms with Gasteiger partial charge in [-0.3, -0.25) is 19.2 Å². The monoisotopic (exact) mass is 274 g/mol. The lowest BCUT2D eigenvalue weighted by molar-refractivity contribution is -0.136. The molecule has 0 aromatic heterocycles. The molecule has 6 heteroatoms. The molecule has 0 heterocycles. The Kier molecular flexibility index (Phi) is 3.47. The number of allylic oxidation sites excluding steroid dienone is 2. The lowest BCUT2D eigenvalue weighted by atomic mass is 9.93. The minimum absolute atomic E-state index is 0.102. The predicted octanol–water partition coefficient (Wildman–Crippen LogP) is 1.44. The van der Waals surface area contributed by atoms with E-state index in [1.165, 1.54) is 25.1 Å². The third kappa shape index (κ3) is 2.64. The van der Waals surface area contributed by atoms with Gasteiger partial charge in [0.2, 0.25) is 5.78 Å². The number of esters is 2. The molecule has 102 valence electrons. The molecule has 0 bridgehead atoms. The number of hydrogen-bond donors (Lipinski definition) is 0. The summed E-state index contributed by atoms with van der Waals surface area (Å²) in [6, 6.07) is 4.05. The van der Waals surface area contributed by atoms with Crippen molar-refractivity contribution in [3.05, 3.63) is 41.2 Å². The Morgan fingerprint density at radius 1 is 0.950 bits per heavy atom. The number of ether oxygens (including phenoxy) is 2. The molecule has 1 aliphatic rings. The average Bonchev–Trinajstić information content (AvgIpc) is 2.34. The third-order valence-corrected chi connectivity index (χ3v) is 2.50. The van der Waals surface area contributed by atoms with Crippen molar-refractivity contribution in [1.29, 1.82) is 0 Å². The minimum atomic E-state index is -0.683. The van der Waals surface area contributed by atoms with Crippen LogP contribution >= 0.6 is 0 Å². The van der Waals surface area contributed by atoms with Crippen LogP contribution in [0, 0.1) is 0 Å². The quantitative estimate of drug-likeness (QED) is 0.599. The molecular weight excluding hydrogens is 264 g/mol. The molecule has 0 saturated carbocycles. The maximum atomic E-state index is 12.0. The number of ketones is 2. The van der Waals surface area contributed by atoms with Crippen LogP contribution in [0.3, 0.4) is 0 Å². The Labute approximate surface area is 114 Å². The van der Waals surface area contributed by atoms with Gasteiger partial charge in [-0.05, 0) is 18.2 Å². The molecule has 0 atom stereocenters. The molecule has 1 aromatic carbocycles. The van der Waals surface area contributed by atoms with E-state index in [0.29, 0.717) is 0 Å². The SMILES string of the molecule is CC(=O)OC1=CC(=O)c2cc(OC(C)=O)ccc2C1=O. The molecule has 0 spiro atoms. The van der Waals surface area contributed by atoms with E-state index in [9.17, 15) is 19.2 Å². The standard InChI is InChI=1S/C14H10O6/c1-7(15)19-9-3-4-10-11(5-9)12(17)6-13(14(10)18)20-8(2)16/h3-6H,1-2H3. The molecule has 0 unspecified atom stereocenters. The fourth-order valence-electron chi connectivity index (χ4n) is 1.78. The second-order valence-corrected chi connectivity index (χ2v) is 4.10.